The molecule has 1 aliphatic heterocycles. The second-order valence-electron chi connectivity index (χ2n) is 6.75. The Hall–Kier alpha value is -2.08. The molecule has 1 aliphatic rings. The first-order valence-corrected chi connectivity index (χ1v) is 9.14. The minimum absolute atomic E-state index is 0.143. The molecule has 0 spiro atoms. The highest BCUT2D eigenvalue weighted by molar-refractivity contribution is 5.58. The molecule has 136 valence electrons. The normalized spacial score (nSPS) is 17.1. The zero-order chi connectivity index (χ0) is 17.8. The van der Waals surface area contributed by atoms with E-state index in [1.807, 2.05) is 19.1 Å². The first-order valence-electron chi connectivity index (χ1n) is 9.14. The van der Waals surface area contributed by atoms with Gasteiger partial charge < -0.3 is 14.2 Å². The molecule has 1 unspecified atom stereocenters. The average Bonchev–Trinajstić information content (AvgIpc) is 3.12. The Balaban J connectivity index is 1.63. The van der Waals surface area contributed by atoms with Gasteiger partial charge in [-0.3, -0.25) is 4.90 Å². The van der Waals surface area contributed by atoms with E-state index in [-0.39, 0.29) is 12.0 Å². The molecule has 0 radical (unpaired) electrons. The Bertz CT molecular complexity index is 678. The van der Waals surface area contributed by atoms with Crippen molar-refractivity contribution in [1.29, 1.82) is 0 Å². The van der Waals surface area contributed by atoms with Crippen molar-refractivity contribution < 1.29 is 9.26 Å². The number of ether oxygens (including phenoxy) is 1. The molecule has 0 bridgehead atoms. The second-order valence-corrected chi connectivity index (χ2v) is 6.75. The molecule has 6 nitrogen and oxygen atoms in total. The largest absolute Gasteiger partial charge is 0.492 e. The van der Waals surface area contributed by atoms with Crippen LogP contribution in [0.3, 0.4) is 0 Å². The van der Waals surface area contributed by atoms with Crippen LogP contribution >= 0.6 is 0 Å². The van der Waals surface area contributed by atoms with Crippen LogP contribution in [0.1, 0.15) is 51.4 Å². The first-order chi connectivity index (χ1) is 12.1. The Morgan fingerprint density at radius 3 is 2.48 bits per heavy atom. The van der Waals surface area contributed by atoms with Crippen molar-refractivity contribution in [3.05, 3.63) is 36.0 Å². The summed E-state index contributed by atoms with van der Waals surface area (Å²) in [5.41, 5.74) is 1.18. The zero-order valence-electron chi connectivity index (χ0n) is 15.6. The molecule has 2 aromatic rings. The molecule has 1 saturated heterocycles. The van der Waals surface area contributed by atoms with Crippen molar-refractivity contribution in [2.24, 2.45) is 0 Å². The zero-order valence-corrected chi connectivity index (χ0v) is 15.6. The van der Waals surface area contributed by atoms with Crippen LogP contribution in [0.5, 0.6) is 5.75 Å². The van der Waals surface area contributed by atoms with Gasteiger partial charge in [0.05, 0.1) is 18.3 Å². The summed E-state index contributed by atoms with van der Waals surface area (Å²) in [6.07, 6.45) is 0. The van der Waals surface area contributed by atoms with E-state index in [1.165, 1.54) is 5.69 Å². The van der Waals surface area contributed by atoms with E-state index < -0.39 is 0 Å². The quantitative estimate of drug-likeness (QED) is 0.800. The fourth-order valence-corrected chi connectivity index (χ4v) is 3.15. The van der Waals surface area contributed by atoms with Gasteiger partial charge in [0.15, 0.2) is 5.82 Å². The summed E-state index contributed by atoms with van der Waals surface area (Å²) in [5, 5.41) is 4.09. The number of aromatic nitrogens is 2. The maximum atomic E-state index is 5.77. The molecule has 1 aromatic carbocycles. The van der Waals surface area contributed by atoms with Crippen molar-refractivity contribution in [1.82, 2.24) is 15.0 Å². The fourth-order valence-electron chi connectivity index (χ4n) is 3.15. The molecule has 1 atom stereocenters. The van der Waals surface area contributed by atoms with Crippen molar-refractivity contribution in [2.45, 2.75) is 39.7 Å². The number of benzene rings is 1. The van der Waals surface area contributed by atoms with Gasteiger partial charge >= 0.3 is 0 Å². The lowest BCUT2D eigenvalue weighted by Crippen LogP contribution is -2.47. The molecular weight excluding hydrogens is 316 g/mol. The van der Waals surface area contributed by atoms with Crippen molar-refractivity contribution in [3.63, 3.8) is 0 Å². The van der Waals surface area contributed by atoms with Crippen molar-refractivity contribution >= 4 is 5.69 Å². The number of piperazine rings is 1. The molecule has 3 rings (SSSR count). The summed E-state index contributed by atoms with van der Waals surface area (Å²) >= 11 is 0. The monoisotopic (exact) mass is 344 g/mol. The van der Waals surface area contributed by atoms with Crippen LogP contribution in [0, 0.1) is 0 Å². The number of rotatable bonds is 6. The number of para-hydroxylation sites is 2. The van der Waals surface area contributed by atoms with Gasteiger partial charge in [-0.25, -0.2) is 0 Å². The Morgan fingerprint density at radius 2 is 1.84 bits per heavy atom. The number of hydrogen-bond acceptors (Lipinski definition) is 6. The number of anilines is 1. The molecule has 25 heavy (non-hydrogen) atoms. The summed E-state index contributed by atoms with van der Waals surface area (Å²) in [6.45, 7) is 12.8. The average molecular weight is 344 g/mol. The van der Waals surface area contributed by atoms with Crippen LogP contribution in [0.4, 0.5) is 5.69 Å². The molecule has 1 aromatic heterocycles. The van der Waals surface area contributed by atoms with E-state index in [2.05, 4.69) is 52.8 Å². The van der Waals surface area contributed by atoms with Crippen LogP contribution in [-0.4, -0.2) is 47.8 Å². The van der Waals surface area contributed by atoms with E-state index in [9.17, 15) is 0 Å². The Kier molecular flexibility index (Phi) is 5.58. The van der Waals surface area contributed by atoms with Crippen LogP contribution in [-0.2, 0) is 0 Å². The van der Waals surface area contributed by atoms with E-state index in [1.54, 1.807) is 0 Å². The number of hydrogen-bond donors (Lipinski definition) is 0. The molecule has 6 heteroatoms. The Morgan fingerprint density at radius 1 is 1.12 bits per heavy atom. The lowest BCUT2D eigenvalue weighted by atomic mass is 10.2. The van der Waals surface area contributed by atoms with E-state index in [0.717, 1.165) is 37.8 Å². The molecule has 0 N–H and O–H groups in total. The summed E-state index contributed by atoms with van der Waals surface area (Å²) in [6, 6.07) is 8.41. The molecule has 0 saturated carbocycles. The highest BCUT2D eigenvalue weighted by atomic mass is 16.5. The third-order valence-corrected chi connectivity index (χ3v) is 4.70. The second kappa shape index (κ2) is 7.87. The maximum absolute atomic E-state index is 5.77. The van der Waals surface area contributed by atoms with Gasteiger partial charge in [0, 0.05) is 32.1 Å². The van der Waals surface area contributed by atoms with Crippen LogP contribution < -0.4 is 9.64 Å². The molecular formula is C19H28N4O2. The standard InChI is InChI=1S/C19H28N4O2/c1-5-24-17-9-7-6-8-16(17)23-12-10-22(11-13-23)15(4)19-20-18(14(2)3)21-25-19/h6-9,14-15H,5,10-13H2,1-4H3. The topological polar surface area (TPSA) is 54.6 Å². The smallest absolute Gasteiger partial charge is 0.243 e. The lowest BCUT2D eigenvalue weighted by molar-refractivity contribution is 0.164. The predicted octanol–water partition coefficient (Wildman–Crippen LogP) is 3.47. The fraction of sp³-hybridized carbons (Fsp3) is 0.579. The first kappa shape index (κ1) is 17.7. The van der Waals surface area contributed by atoms with E-state index >= 15 is 0 Å². The van der Waals surface area contributed by atoms with Gasteiger partial charge in [-0.1, -0.05) is 31.1 Å². The lowest BCUT2D eigenvalue weighted by Gasteiger charge is -2.38. The summed E-state index contributed by atoms with van der Waals surface area (Å²) < 4.78 is 11.2. The molecule has 0 amide bonds. The van der Waals surface area contributed by atoms with Gasteiger partial charge in [-0.2, -0.15) is 4.98 Å². The molecule has 0 aliphatic carbocycles. The van der Waals surface area contributed by atoms with Gasteiger partial charge in [0.25, 0.3) is 0 Å². The van der Waals surface area contributed by atoms with Gasteiger partial charge in [0.1, 0.15) is 5.75 Å². The highest BCUT2D eigenvalue weighted by Crippen LogP contribution is 2.30. The Labute approximate surface area is 149 Å². The van der Waals surface area contributed by atoms with Gasteiger partial charge in [-0.15, -0.1) is 0 Å². The third-order valence-electron chi connectivity index (χ3n) is 4.70. The van der Waals surface area contributed by atoms with E-state index in [0.29, 0.717) is 12.5 Å². The van der Waals surface area contributed by atoms with Gasteiger partial charge in [0.2, 0.25) is 5.89 Å². The van der Waals surface area contributed by atoms with Gasteiger partial charge in [-0.05, 0) is 26.0 Å². The molecule has 1 fully saturated rings. The maximum Gasteiger partial charge on any atom is 0.243 e. The highest BCUT2D eigenvalue weighted by Gasteiger charge is 2.27. The number of nitrogens with zero attached hydrogens (tertiary/aromatic N) is 4. The predicted molar refractivity (Wildman–Crippen MR) is 98.2 cm³/mol. The minimum Gasteiger partial charge on any atom is -0.492 e. The SMILES string of the molecule is CCOc1ccccc1N1CCN(C(C)c2nc(C(C)C)no2)CC1. The summed E-state index contributed by atoms with van der Waals surface area (Å²) in [5.74, 6) is 2.75. The van der Waals surface area contributed by atoms with Crippen molar-refractivity contribution in [3.8, 4) is 5.75 Å². The minimum atomic E-state index is 0.143. The molecule has 2 heterocycles. The third kappa shape index (κ3) is 3.95. The van der Waals surface area contributed by atoms with Crippen LogP contribution in [0.25, 0.3) is 0 Å². The van der Waals surface area contributed by atoms with Crippen LogP contribution in [0.2, 0.25) is 0 Å². The van der Waals surface area contributed by atoms with E-state index in [4.69, 9.17) is 9.26 Å². The summed E-state index contributed by atoms with van der Waals surface area (Å²) in [4.78, 5) is 9.34. The van der Waals surface area contributed by atoms with Crippen LogP contribution in [0.15, 0.2) is 28.8 Å². The summed E-state index contributed by atoms with van der Waals surface area (Å²) in [7, 11) is 0. The van der Waals surface area contributed by atoms with Crippen molar-refractivity contribution in [2.75, 3.05) is 37.7 Å².